The van der Waals surface area contributed by atoms with Crippen LogP contribution in [-0.4, -0.2) is 25.5 Å². The molecule has 1 atom stereocenters. The minimum atomic E-state index is 0.0681. The van der Waals surface area contributed by atoms with Crippen molar-refractivity contribution in [2.75, 3.05) is 24.5 Å². The molecule has 0 aliphatic carbocycles. The second kappa shape index (κ2) is 5.80. The van der Waals surface area contributed by atoms with E-state index in [4.69, 9.17) is 0 Å². The first-order valence-corrected chi connectivity index (χ1v) is 8.18. The molecule has 0 spiro atoms. The number of carbonyl (C=O) groups excluding carboxylic acids is 1. The second-order valence-corrected chi connectivity index (χ2v) is 7.13. The molecule has 0 bridgehead atoms. The molecular formula is C18H26N2O. The first kappa shape index (κ1) is 14.6. The van der Waals surface area contributed by atoms with Crippen LogP contribution in [0.3, 0.4) is 0 Å². The lowest BCUT2D eigenvalue weighted by atomic mass is 9.87. The first-order valence-electron chi connectivity index (χ1n) is 8.18. The third-order valence-corrected chi connectivity index (χ3v) is 4.94. The maximum atomic E-state index is 12.6. The van der Waals surface area contributed by atoms with Crippen LogP contribution in [0, 0.1) is 5.92 Å². The summed E-state index contributed by atoms with van der Waals surface area (Å²) in [4.78, 5) is 14.6. The van der Waals surface area contributed by atoms with Crippen molar-refractivity contribution in [1.29, 1.82) is 0 Å². The SMILES string of the molecule is CC1(C)CN(C(=O)CCC2CCCNC2)c2ccccc21. The van der Waals surface area contributed by atoms with E-state index in [2.05, 4.69) is 37.4 Å². The Bertz CT molecular complexity index is 518. The summed E-state index contributed by atoms with van der Waals surface area (Å²) in [5.41, 5.74) is 2.49. The lowest BCUT2D eigenvalue weighted by Gasteiger charge is -2.24. The van der Waals surface area contributed by atoms with Gasteiger partial charge in [-0.2, -0.15) is 0 Å². The second-order valence-electron chi connectivity index (χ2n) is 7.13. The molecule has 2 aliphatic heterocycles. The lowest BCUT2D eigenvalue weighted by molar-refractivity contribution is -0.119. The van der Waals surface area contributed by atoms with Gasteiger partial charge < -0.3 is 10.2 Å². The monoisotopic (exact) mass is 286 g/mol. The molecule has 1 amide bonds. The average molecular weight is 286 g/mol. The van der Waals surface area contributed by atoms with Gasteiger partial charge in [0.05, 0.1) is 0 Å². The molecule has 2 aliphatic rings. The summed E-state index contributed by atoms with van der Waals surface area (Å²) in [5.74, 6) is 0.965. The van der Waals surface area contributed by atoms with Crippen molar-refractivity contribution in [2.24, 2.45) is 5.92 Å². The molecule has 1 fully saturated rings. The van der Waals surface area contributed by atoms with E-state index in [0.717, 1.165) is 31.7 Å². The number of piperidine rings is 1. The van der Waals surface area contributed by atoms with Crippen LogP contribution >= 0.6 is 0 Å². The molecule has 21 heavy (non-hydrogen) atoms. The fourth-order valence-corrected chi connectivity index (χ4v) is 3.70. The Labute approximate surface area is 127 Å². The summed E-state index contributed by atoms with van der Waals surface area (Å²) in [5, 5.41) is 3.43. The predicted octanol–water partition coefficient (Wildman–Crippen LogP) is 3.09. The molecule has 1 unspecified atom stereocenters. The molecule has 0 radical (unpaired) electrons. The van der Waals surface area contributed by atoms with Crippen LogP contribution in [0.4, 0.5) is 5.69 Å². The van der Waals surface area contributed by atoms with Gasteiger partial charge in [0, 0.05) is 24.1 Å². The molecule has 1 aromatic rings. The molecule has 1 N–H and O–H groups in total. The third-order valence-electron chi connectivity index (χ3n) is 4.94. The van der Waals surface area contributed by atoms with Crippen molar-refractivity contribution in [3.05, 3.63) is 29.8 Å². The summed E-state index contributed by atoms with van der Waals surface area (Å²) >= 11 is 0. The highest BCUT2D eigenvalue weighted by Crippen LogP contribution is 2.40. The first-order chi connectivity index (χ1) is 10.1. The smallest absolute Gasteiger partial charge is 0.227 e. The van der Waals surface area contributed by atoms with E-state index in [1.165, 1.54) is 18.4 Å². The Morgan fingerprint density at radius 1 is 1.38 bits per heavy atom. The van der Waals surface area contributed by atoms with Gasteiger partial charge in [-0.15, -0.1) is 0 Å². The van der Waals surface area contributed by atoms with Crippen LogP contribution in [0.1, 0.15) is 45.1 Å². The van der Waals surface area contributed by atoms with Gasteiger partial charge in [0.15, 0.2) is 0 Å². The van der Waals surface area contributed by atoms with Gasteiger partial charge in [0.1, 0.15) is 0 Å². The number of hydrogen-bond donors (Lipinski definition) is 1. The van der Waals surface area contributed by atoms with Crippen molar-refractivity contribution < 1.29 is 4.79 Å². The van der Waals surface area contributed by atoms with Crippen LogP contribution in [0.2, 0.25) is 0 Å². The Morgan fingerprint density at radius 2 is 2.19 bits per heavy atom. The average Bonchev–Trinajstić information content (AvgIpc) is 2.78. The van der Waals surface area contributed by atoms with E-state index >= 15 is 0 Å². The third kappa shape index (κ3) is 2.98. The van der Waals surface area contributed by atoms with E-state index in [9.17, 15) is 4.79 Å². The van der Waals surface area contributed by atoms with Crippen molar-refractivity contribution in [1.82, 2.24) is 5.32 Å². The van der Waals surface area contributed by atoms with Crippen LogP contribution in [-0.2, 0) is 10.2 Å². The number of fused-ring (bicyclic) bond motifs is 1. The highest BCUT2D eigenvalue weighted by Gasteiger charge is 2.37. The van der Waals surface area contributed by atoms with E-state index in [1.807, 2.05) is 11.0 Å². The van der Waals surface area contributed by atoms with Crippen molar-refractivity contribution in [2.45, 2.75) is 44.9 Å². The summed E-state index contributed by atoms with van der Waals surface area (Å²) < 4.78 is 0. The normalized spacial score (nSPS) is 23.9. The van der Waals surface area contributed by atoms with Gasteiger partial charge in [-0.05, 0) is 49.9 Å². The van der Waals surface area contributed by atoms with Crippen molar-refractivity contribution in [3.8, 4) is 0 Å². The molecule has 114 valence electrons. The summed E-state index contributed by atoms with van der Waals surface area (Å²) in [6.07, 6.45) is 4.21. The molecule has 1 saturated heterocycles. The maximum Gasteiger partial charge on any atom is 0.227 e. The zero-order valence-electron chi connectivity index (χ0n) is 13.2. The van der Waals surface area contributed by atoms with Crippen LogP contribution in [0.5, 0.6) is 0 Å². The predicted molar refractivity (Wildman–Crippen MR) is 86.6 cm³/mol. The molecule has 1 aromatic carbocycles. The number of carbonyl (C=O) groups is 1. The van der Waals surface area contributed by atoms with E-state index in [1.54, 1.807) is 0 Å². The van der Waals surface area contributed by atoms with E-state index < -0.39 is 0 Å². The van der Waals surface area contributed by atoms with Gasteiger partial charge >= 0.3 is 0 Å². The molecular weight excluding hydrogens is 260 g/mol. The van der Waals surface area contributed by atoms with Crippen LogP contribution < -0.4 is 10.2 Å². The van der Waals surface area contributed by atoms with Gasteiger partial charge in [0.25, 0.3) is 0 Å². The Morgan fingerprint density at radius 3 is 2.95 bits per heavy atom. The minimum Gasteiger partial charge on any atom is -0.316 e. The summed E-state index contributed by atoms with van der Waals surface area (Å²) in [7, 11) is 0. The number of para-hydroxylation sites is 1. The number of nitrogens with zero attached hydrogens (tertiary/aromatic N) is 1. The summed E-state index contributed by atoms with van der Waals surface area (Å²) in [6, 6.07) is 8.35. The number of hydrogen-bond acceptors (Lipinski definition) is 2. The zero-order valence-corrected chi connectivity index (χ0v) is 13.2. The molecule has 3 rings (SSSR count). The number of benzene rings is 1. The highest BCUT2D eigenvalue weighted by molar-refractivity contribution is 5.96. The standard InChI is InChI=1S/C18H26N2O/c1-18(2)13-20(16-8-4-3-7-15(16)18)17(21)10-9-14-6-5-11-19-12-14/h3-4,7-8,14,19H,5-6,9-13H2,1-2H3. The van der Waals surface area contributed by atoms with Crippen LogP contribution in [0.15, 0.2) is 24.3 Å². The molecule has 3 nitrogen and oxygen atoms in total. The molecule has 3 heteroatoms. The Kier molecular flexibility index (Phi) is 4.03. The van der Waals surface area contributed by atoms with E-state index in [0.29, 0.717) is 18.2 Å². The van der Waals surface area contributed by atoms with Crippen LogP contribution in [0.25, 0.3) is 0 Å². The number of amides is 1. The van der Waals surface area contributed by atoms with Gasteiger partial charge in [-0.3, -0.25) is 4.79 Å². The molecule has 2 heterocycles. The van der Waals surface area contributed by atoms with Gasteiger partial charge in [-0.1, -0.05) is 32.0 Å². The Hall–Kier alpha value is -1.35. The zero-order chi connectivity index (χ0) is 14.9. The highest BCUT2D eigenvalue weighted by atomic mass is 16.2. The largest absolute Gasteiger partial charge is 0.316 e. The molecule has 0 aromatic heterocycles. The fourth-order valence-electron chi connectivity index (χ4n) is 3.70. The number of rotatable bonds is 3. The number of anilines is 1. The minimum absolute atomic E-state index is 0.0681. The topological polar surface area (TPSA) is 32.3 Å². The molecule has 0 saturated carbocycles. The number of nitrogens with one attached hydrogen (secondary N) is 1. The summed E-state index contributed by atoms with van der Waals surface area (Å²) in [6.45, 7) is 7.48. The van der Waals surface area contributed by atoms with Crippen molar-refractivity contribution in [3.63, 3.8) is 0 Å². The van der Waals surface area contributed by atoms with E-state index in [-0.39, 0.29) is 5.41 Å². The fraction of sp³-hybridized carbons (Fsp3) is 0.611. The Balaban J connectivity index is 1.65. The van der Waals surface area contributed by atoms with Gasteiger partial charge in [0.2, 0.25) is 5.91 Å². The quantitative estimate of drug-likeness (QED) is 0.926. The van der Waals surface area contributed by atoms with Crippen molar-refractivity contribution >= 4 is 11.6 Å². The lowest BCUT2D eigenvalue weighted by Crippen LogP contribution is -2.35. The maximum absolute atomic E-state index is 12.6. The van der Waals surface area contributed by atoms with Gasteiger partial charge in [-0.25, -0.2) is 0 Å².